The van der Waals surface area contributed by atoms with Crippen LogP contribution in [0.5, 0.6) is 0 Å². The van der Waals surface area contributed by atoms with Crippen molar-refractivity contribution in [3.63, 3.8) is 0 Å². The highest BCUT2D eigenvalue weighted by atomic mass is 32.2. The first-order valence-electron chi connectivity index (χ1n) is 9.22. The average molecular weight is 461 g/mol. The van der Waals surface area contributed by atoms with Crippen LogP contribution in [-0.4, -0.2) is 68.3 Å². The summed E-state index contributed by atoms with van der Waals surface area (Å²) in [5.41, 5.74) is -0.550. The molecule has 0 aliphatic carbocycles. The van der Waals surface area contributed by atoms with Crippen LogP contribution in [0.2, 0.25) is 0 Å². The van der Waals surface area contributed by atoms with Gasteiger partial charge in [0.2, 0.25) is 11.0 Å². The first-order valence-corrected chi connectivity index (χ1v) is 12.0. The molecule has 0 bridgehead atoms. The van der Waals surface area contributed by atoms with Gasteiger partial charge in [-0.25, -0.2) is 0 Å². The zero-order valence-electron chi connectivity index (χ0n) is 17.2. The number of amides is 2. The van der Waals surface area contributed by atoms with Crippen LogP contribution in [0.1, 0.15) is 30.6 Å². The topological polar surface area (TPSA) is 139 Å². The number of aliphatic hydroxyl groups is 1. The molecule has 9 nitrogen and oxygen atoms in total. The van der Waals surface area contributed by atoms with E-state index in [1.54, 1.807) is 24.3 Å². The molecular formula is C19H28N2O7S2. The molecule has 0 saturated heterocycles. The first kappa shape index (κ1) is 26.1. The molecular weight excluding hydrogens is 432 g/mol. The molecule has 0 aromatic heterocycles. The van der Waals surface area contributed by atoms with Crippen LogP contribution >= 0.6 is 11.8 Å². The van der Waals surface area contributed by atoms with E-state index in [4.69, 9.17) is 4.18 Å². The Morgan fingerprint density at radius 2 is 1.77 bits per heavy atom. The van der Waals surface area contributed by atoms with E-state index in [2.05, 4.69) is 10.6 Å². The molecule has 168 valence electrons. The maximum Gasteiger partial charge on any atom is 0.265 e. The van der Waals surface area contributed by atoms with Crippen LogP contribution < -0.4 is 10.6 Å². The van der Waals surface area contributed by atoms with E-state index in [0.717, 1.165) is 18.0 Å². The molecule has 0 fully saturated rings. The minimum absolute atomic E-state index is 0.0335. The summed E-state index contributed by atoms with van der Waals surface area (Å²) in [4.78, 5) is 36.1. The minimum Gasteiger partial charge on any atom is -0.396 e. The number of hydrogen-bond acceptors (Lipinski definition) is 8. The quantitative estimate of drug-likeness (QED) is 0.304. The van der Waals surface area contributed by atoms with Gasteiger partial charge in [-0.2, -0.15) is 8.42 Å². The van der Waals surface area contributed by atoms with E-state index in [0.29, 0.717) is 11.3 Å². The highest BCUT2D eigenvalue weighted by Gasteiger charge is 2.38. The van der Waals surface area contributed by atoms with Gasteiger partial charge in [0.1, 0.15) is 0 Å². The first-order chi connectivity index (χ1) is 14.0. The Kier molecular flexibility index (Phi) is 10.5. The Labute approximate surface area is 181 Å². The van der Waals surface area contributed by atoms with E-state index in [1.165, 1.54) is 13.8 Å². The SMILES string of the molecule is CC(C)(CO)[C@H](OS(C)(=O)=O)C(=O)NCCC(=O)NCCSC(=O)c1ccccc1. The predicted molar refractivity (Wildman–Crippen MR) is 114 cm³/mol. The van der Waals surface area contributed by atoms with Crippen LogP contribution in [0, 0.1) is 5.41 Å². The van der Waals surface area contributed by atoms with Crippen molar-refractivity contribution in [3.8, 4) is 0 Å². The number of carbonyl (C=O) groups is 3. The van der Waals surface area contributed by atoms with Crippen molar-refractivity contribution in [2.75, 3.05) is 31.7 Å². The maximum absolute atomic E-state index is 12.3. The molecule has 3 N–H and O–H groups in total. The Bertz CT molecular complexity index is 827. The highest BCUT2D eigenvalue weighted by Crippen LogP contribution is 2.24. The van der Waals surface area contributed by atoms with Crippen molar-refractivity contribution < 1.29 is 32.1 Å². The lowest BCUT2D eigenvalue weighted by molar-refractivity contribution is -0.134. The standard InChI is InChI=1S/C19H28N2O7S2/c1-19(2,13-22)16(28-30(3,26)27)17(24)21-10-9-15(23)20-11-12-29-18(25)14-7-5-4-6-8-14/h4-8,16,22H,9-13H2,1-3H3,(H,20,23)(H,21,24)/t16-/m1/s1. The zero-order chi connectivity index (χ0) is 22.8. The molecule has 0 aliphatic rings. The average Bonchev–Trinajstić information content (AvgIpc) is 2.69. The van der Waals surface area contributed by atoms with Gasteiger partial charge in [-0.15, -0.1) is 0 Å². The van der Waals surface area contributed by atoms with E-state index < -0.39 is 34.2 Å². The molecule has 1 rings (SSSR count). The molecule has 0 heterocycles. The number of hydrogen-bond donors (Lipinski definition) is 3. The van der Waals surface area contributed by atoms with Crippen molar-refractivity contribution in [1.82, 2.24) is 10.6 Å². The number of thioether (sulfide) groups is 1. The molecule has 0 aliphatic heterocycles. The van der Waals surface area contributed by atoms with Crippen molar-refractivity contribution >= 4 is 38.8 Å². The minimum atomic E-state index is -3.93. The molecule has 0 unspecified atom stereocenters. The summed E-state index contributed by atoms with van der Waals surface area (Å²) in [6.45, 7) is 2.76. The highest BCUT2D eigenvalue weighted by molar-refractivity contribution is 8.14. The molecule has 1 atom stereocenters. The van der Waals surface area contributed by atoms with Gasteiger partial charge in [0.15, 0.2) is 6.10 Å². The van der Waals surface area contributed by atoms with Crippen molar-refractivity contribution in [1.29, 1.82) is 0 Å². The second kappa shape index (κ2) is 12.0. The van der Waals surface area contributed by atoms with Crippen molar-refractivity contribution in [2.45, 2.75) is 26.4 Å². The monoisotopic (exact) mass is 460 g/mol. The van der Waals surface area contributed by atoms with Crippen molar-refractivity contribution in [3.05, 3.63) is 35.9 Å². The zero-order valence-corrected chi connectivity index (χ0v) is 18.8. The number of nitrogens with one attached hydrogen (secondary N) is 2. The maximum atomic E-state index is 12.3. The summed E-state index contributed by atoms with van der Waals surface area (Å²) in [5, 5.41) is 14.4. The van der Waals surface area contributed by atoms with Gasteiger partial charge in [-0.3, -0.25) is 18.6 Å². The Morgan fingerprint density at radius 3 is 2.33 bits per heavy atom. The summed E-state index contributed by atoms with van der Waals surface area (Å²) in [5.74, 6) is -0.665. The molecule has 1 aromatic rings. The lowest BCUT2D eigenvalue weighted by Gasteiger charge is -2.30. The van der Waals surface area contributed by atoms with Gasteiger partial charge < -0.3 is 15.7 Å². The third-order valence-corrected chi connectivity index (χ3v) is 5.39. The molecule has 30 heavy (non-hydrogen) atoms. The Morgan fingerprint density at radius 1 is 1.13 bits per heavy atom. The number of benzene rings is 1. The van der Waals surface area contributed by atoms with Crippen LogP contribution in [0.3, 0.4) is 0 Å². The lowest BCUT2D eigenvalue weighted by Crippen LogP contribution is -2.48. The predicted octanol–water partition coefficient (Wildman–Crippen LogP) is 0.546. The van der Waals surface area contributed by atoms with Gasteiger partial charge in [0.25, 0.3) is 16.0 Å². The smallest absolute Gasteiger partial charge is 0.265 e. The molecule has 0 saturated carbocycles. The molecule has 1 aromatic carbocycles. The second-order valence-corrected chi connectivity index (χ2v) is 9.89. The van der Waals surface area contributed by atoms with E-state index in [1.807, 2.05) is 6.07 Å². The second-order valence-electron chi connectivity index (χ2n) is 7.22. The molecule has 11 heteroatoms. The summed E-state index contributed by atoms with van der Waals surface area (Å²) < 4.78 is 27.6. The lowest BCUT2D eigenvalue weighted by atomic mass is 9.87. The third kappa shape index (κ3) is 9.70. The number of aliphatic hydroxyl groups excluding tert-OH is 1. The molecule has 2 amide bonds. The van der Waals surface area contributed by atoms with E-state index in [-0.39, 0.29) is 30.5 Å². The molecule has 0 radical (unpaired) electrons. The van der Waals surface area contributed by atoms with Gasteiger partial charge in [0.05, 0.1) is 12.9 Å². The van der Waals surface area contributed by atoms with Gasteiger partial charge in [0, 0.05) is 36.2 Å². The molecule has 0 spiro atoms. The van der Waals surface area contributed by atoms with Gasteiger partial charge in [-0.05, 0) is 0 Å². The van der Waals surface area contributed by atoms with E-state index in [9.17, 15) is 27.9 Å². The van der Waals surface area contributed by atoms with E-state index >= 15 is 0 Å². The number of carbonyl (C=O) groups excluding carboxylic acids is 3. The Hall–Kier alpha value is -1.95. The van der Waals surface area contributed by atoms with Crippen LogP contribution in [0.15, 0.2) is 30.3 Å². The third-order valence-electron chi connectivity index (χ3n) is 3.94. The summed E-state index contributed by atoms with van der Waals surface area (Å²) in [6, 6.07) is 8.81. The normalized spacial score (nSPS) is 12.8. The fraction of sp³-hybridized carbons (Fsp3) is 0.526. The van der Waals surface area contributed by atoms with Crippen LogP contribution in [0.25, 0.3) is 0 Å². The van der Waals surface area contributed by atoms with Gasteiger partial charge >= 0.3 is 0 Å². The largest absolute Gasteiger partial charge is 0.396 e. The fourth-order valence-electron chi connectivity index (χ4n) is 2.26. The number of rotatable bonds is 12. The Balaban J connectivity index is 2.36. The van der Waals surface area contributed by atoms with Crippen LogP contribution in [0.4, 0.5) is 0 Å². The van der Waals surface area contributed by atoms with Crippen molar-refractivity contribution in [2.24, 2.45) is 5.41 Å². The van der Waals surface area contributed by atoms with Gasteiger partial charge in [-0.1, -0.05) is 55.9 Å². The van der Waals surface area contributed by atoms with Crippen LogP contribution in [-0.2, 0) is 23.9 Å². The summed E-state index contributed by atoms with van der Waals surface area (Å²) in [6.07, 6.45) is -0.649. The summed E-state index contributed by atoms with van der Waals surface area (Å²) >= 11 is 1.09. The summed E-state index contributed by atoms with van der Waals surface area (Å²) in [7, 11) is -3.93. The fourth-order valence-corrected chi connectivity index (χ4v) is 3.65.